The van der Waals surface area contributed by atoms with Crippen LogP contribution in [0.25, 0.3) is 10.9 Å². The van der Waals surface area contributed by atoms with E-state index >= 15 is 0 Å². The zero-order valence-electron chi connectivity index (χ0n) is 23.1. The Kier molecular flexibility index (Phi) is 7.55. The van der Waals surface area contributed by atoms with E-state index in [9.17, 15) is 23.2 Å². The topological polar surface area (TPSA) is 87.5 Å². The van der Waals surface area contributed by atoms with Crippen LogP contribution >= 0.6 is 0 Å². The molecule has 0 aliphatic carbocycles. The van der Waals surface area contributed by atoms with Crippen LogP contribution in [0.5, 0.6) is 0 Å². The van der Waals surface area contributed by atoms with Crippen molar-refractivity contribution in [2.24, 2.45) is 0 Å². The van der Waals surface area contributed by atoms with Gasteiger partial charge < -0.3 is 15.1 Å². The van der Waals surface area contributed by atoms with Crippen LogP contribution in [0.2, 0.25) is 0 Å². The van der Waals surface area contributed by atoms with Gasteiger partial charge >= 0.3 is 0 Å². The van der Waals surface area contributed by atoms with Gasteiger partial charge in [-0.2, -0.15) is 5.10 Å². The zero-order valence-corrected chi connectivity index (χ0v) is 23.1. The van der Waals surface area contributed by atoms with Crippen LogP contribution in [0.4, 0.5) is 8.78 Å². The van der Waals surface area contributed by atoms with E-state index in [-0.39, 0.29) is 42.4 Å². The van der Waals surface area contributed by atoms with E-state index in [1.807, 2.05) is 6.07 Å². The molecule has 1 atom stereocenters. The Bertz CT molecular complexity index is 1690. The van der Waals surface area contributed by atoms with Crippen LogP contribution < -0.4 is 10.7 Å². The third-order valence-electron chi connectivity index (χ3n) is 8.28. The molecule has 10 heteroatoms. The first-order valence-electron chi connectivity index (χ1n) is 14.1. The summed E-state index contributed by atoms with van der Waals surface area (Å²) in [7, 11) is 0. The number of hydrogen-bond acceptors (Lipinski definition) is 5. The van der Waals surface area contributed by atoms with E-state index in [0.29, 0.717) is 42.4 Å². The van der Waals surface area contributed by atoms with Crippen molar-refractivity contribution >= 4 is 22.7 Å². The highest BCUT2D eigenvalue weighted by molar-refractivity contribution is 5.95. The number of nitrogens with one attached hydrogen (secondary N) is 1. The molecule has 2 saturated heterocycles. The maximum Gasteiger partial charge on any atom is 0.256 e. The van der Waals surface area contributed by atoms with Crippen molar-refractivity contribution in [1.82, 2.24) is 24.9 Å². The first-order valence-corrected chi connectivity index (χ1v) is 14.1. The maximum absolute atomic E-state index is 14.9. The van der Waals surface area contributed by atoms with Gasteiger partial charge in [-0.1, -0.05) is 30.3 Å². The first-order chi connectivity index (χ1) is 20.3. The molecule has 0 spiro atoms. The monoisotopic (exact) mass is 571 g/mol. The van der Waals surface area contributed by atoms with E-state index in [1.54, 1.807) is 50.9 Å². The quantitative estimate of drug-likeness (QED) is 0.384. The molecule has 216 valence electrons. The number of fused-ring (bicyclic) bond motifs is 1. The number of hydrogen-bond donors (Lipinski definition) is 1. The normalized spacial score (nSPS) is 18.9. The van der Waals surface area contributed by atoms with E-state index in [0.717, 1.165) is 18.5 Å². The minimum absolute atomic E-state index is 0.0227. The van der Waals surface area contributed by atoms with Gasteiger partial charge in [0.25, 0.3) is 5.91 Å². The Morgan fingerprint density at radius 1 is 0.905 bits per heavy atom. The standard InChI is InChI=1S/C32H31F2N5O3/c33-24-9-6-22(7-10-24)19-32(12-3-13-35-32)31(42)38-16-14-37(15-17-38)30(41)26-18-23(8-11-27(26)34)21-39-28-5-2-1-4-25(28)29(40)20-36-39/h1-2,4-11,18,20,35H,3,12-17,19,21H2/t32-/m0/s1. The van der Waals surface area contributed by atoms with Crippen molar-refractivity contribution in [3.05, 3.63) is 111 Å². The fourth-order valence-electron chi connectivity index (χ4n) is 6.05. The average Bonchev–Trinajstić information content (AvgIpc) is 3.50. The minimum atomic E-state index is -0.759. The molecule has 2 amide bonds. The molecular weight excluding hydrogens is 540 g/mol. The highest BCUT2D eigenvalue weighted by Crippen LogP contribution is 2.28. The largest absolute Gasteiger partial charge is 0.338 e. The molecule has 0 bridgehead atoms. The Balaban J connectivity index is 1.14. The maximum atomic E-state index is 14.9. The smallest absolute Gasteiger partial charge is 0.256 e. The molecule has 2 fully saturated rings. The van der Waals surface area contributed by atoms with Gasteiger partial charge in [-0.05, 0) is 73.3 Å². The Morgan fingerprint density at radius 3 is 2.36 bits per heavy atom. The molecule has 4 aromatic rings. The lowest BCUT2D eigenvalue weighted by Crippen LogP contribution is -2.60. The molecule has 2 aliphatic heterocycles. The molecule has 2 aliphatic rings. The van der Waals surface area contributed by atoms with Gasteiger partial charge in [0.05, 0.1) is 23.8 Å². The van der Waals surface area contributed by atoms with Crippen molar-refractivity contribution < 1.29 is 18.4 Å². The van der Waals surface area contributed by atoms with Crippen molar-refractivity contribution in [3.63, 3.8) is 0 Å². The molecule has 42 heavy (non-hydrogen) atoms. The Morgan fingerprint density at radius 2 is 1.62 bits per heavy atom. The van der Waals surface area contributed by atoms with Crippen LogP contribution in [-0.4, -0.2) is 69.7 Å². The van der Waals surface area contributed by atoms with Gasteiger partial charge in [0.15, 0.2) is 0 Å². The molecule has 1 N–H and O–H groups in total. The Hall–Kier alpha value is -4.44. The fraction of sp³-hybridized carbons (Fsp3) is 0.312. The predicted molar refractivity (Wildman–Crippen MR) is 154 cm³/mol. The summed E-state index contributed by atoms with van der Waals surface area (Å²) in [5.41, 5.74) is 1.22. The minimum Gasteiger partial charge on any atom is -0.338 e. The van der Waals surface area contributed by atoms with Gasteiger partial charge in [-0.3, -0.25) is 19.1 Å². The van der Waals surface area contributed by atoms with Crippen molar-refractivity contribution in [3.8, 4) is 0 Å². The van der Waals surface area contributed by atoms with Gasteiger partial charge in [0.2, 0.25) is 11.3 Å². The number of halogens is 2. The summed E-state index contributed by atoms with van der Waals surface area (Å²) in [4.78, 5) is 42.7. The molecule has 6 rings (SSSR count). The number of amides is 2. The first kappa shape index (κ1) is 27.7. The third kappa shape index (κ3) is 5.42. The Labute approximate surface area is 241 Å². The highest BCUT2D eigenvalue weighted by atomic mass is 19.1. The fourth-order valence-corrected chi connectivity index (χ4v) is 6.05. The number of para-hydroxylation sites is 1. The number of aromatic nitrogens is 2. The number of piperazine rings is 1. The van der Waals surface area contributed by atoms with Crippen LogP contribution in [0.1, 0.15) is 34.3 Å². The summed E-state index contributed by atoms with van der Waals surface area (Å²) >= 11 is 0. The number of carbonyl (C=O) groups is 2. The highest BCUT2D eigenvalue weighted by Gasteiger charge is 2.44. The molecule has 8 nitrogen and oxygen atoms in total. The van der Waals surface area contributed by atoms with Gasteiger partial charge in [-0.25, -0.2) is 8.78 Å². The molecular formula is C32H31F2N5O3. The second kappa shape index (κ2) is 11.4. The van der Waals surface area contributed by atoms with Gasteiger partial charge in [-0.15, -0.1) is 0 Å². The van der Waals surface area contributed by atoms with Gasteiger partial charge in [0, 0.05) is 31.6 Å². The average molecular weight is 572 g/mol. The molecule has 0 saturated carbocycles. The van der Waals surface area contributed by atoms with Crippen molar-refractivity contribution in [2.45, 2.75) is 31.3 Å². The van der Waals surface area contributed by atoms with E-state index in [1.165, 1.54) is 30.5 Å². The summed E-state index contributed by atoms with van der Waals surface area (Å²) in [6.07, 6.45) is 3.26. The summed E-state index contributed by atoms with van der Waals surface area (Å²) in [5, 5.41) is 8.17. The molecule has 1 aromatic heterocycles. The summed E-state index contributed by atoms with van der Waals surface area (Å²) in [6.45, 7) is 2.23. The van der Waals surface area contributed by atoms with Crippen molar-refractivity contribution in [2.75, 3.05) is 32.7 Å². The predicted octanol–water partition coefficient (Wildman–Crippen LogP) is 3.37. The second-order valence-corrected chi connectivity index (χ2v) is 11.0. The number of rotatable bonds is 6. The molecule has 0 radical (unpaired) electrons. The SMILES string of the molecule is O=C(c1cc(Cn2ncc(=O)c3ccccc32)ccc1F)N1CCN(C(=O)[C@@]2(Cc3ccc(F)cc3)CCCN2)CC1. The van der Waals surface area contributed by atoms with Gasteiger partial charge in [0.1, 0.15) is 17.2 Å². The van der Waals surface area contributed by atoms with E-state index in [2.05, 4.69) is 10.4 Å². The molecule has 3 aromatic carbocycles. The van der Waals surface area contributed by atoms with Crippen LogP contribution in [-0.2, 0) is 17.8 Å². The van der Waals surface area contributed by atoms with Crippen LogP contribution in [0.15, 0.2) is 77.7 Å². The van der Waals surface area contributed by atoms with Crippen molar-refractivity contribution in [1.29, 1.82) is 0 Å². The van der Waals surface area contributed by atoms with E-state index < -0.39 is 17.3 Å². The lowest BCUT2D eigenvalue weighted by Gasteiger charge is -2.40. The molecule has 3 heterocycles. The summed E-state index contributed by atoms with van der Waals surface area (Å²) in [6, 6.07) is 17.8. The van der Waals surface area contributed by atoms with Crippen LogP contribution in [0.3, 0.4) is 0 Å². The number of nitrogens with zero attached hydrogens (tertiary/aromatic N) is 4. The zero-order chi connectivity index (χ0) is 29.3. The lowest BCUT2D eigenvalue weighted by atomic mass is 9.87. The number of carbonyl (C=O) groups excluding carboxylic acids is 2. The number of benzene rings is 3. The molecule has 0 unspecified atom stereocenters. The lowest BCUT2D eigenvalue weighted by molar-refractivity contribution is -0.139. The summed E-state index contributed by atoms with van der Waals surface area (Å²) in [5.74, 6) is -1.39. The van der Waals surface area contributed by atoms with Crippen LogP contribution in [0, 0.1) is 11.6 Å². The second-order valence-electron chi connectivity index (χ2n) is 11.0. The van der Waals surface area contributed by atoms with E-state index in [4.69, 9.17) is 0 Å². The third-order valence-corrected chi connectivity index (χ3v) is 8.28. The summed E-state index contributed by atoms with van der Waals surface area (Å²) < 4.78 is 30.0.